The van der Waals surface area contributed by atoms with Gasteiger partial charge in [-0.2, -0.15) is 0 Å². The molecule has 0 rings (SSSR count). The zero-order chi connectivity index (χ0) is 15.2. The number of unbranched alkanes of at least 4 members (excludes halogenated alkanes) is 6. The topological polar surface area (TPSA) is 92.4 Å². The first-order valence-electron chi connectivity index (χ1n) is 7.78. The number of rotatable bonds is 13. The smallest absolute Gasteiger partial charge is 0.220 e. The van der Waals surface area contributed by atoms with Crippen molar-refractivity contribution in [3.8, 4) is 0 Å². The van der Waals surface area contributed by atoms with Crippen molar-refractivity contribution in [1.29, 1.82) is 0 Å². The van der Waals surface area contributed by atoms with Crippen LogP contribution in [-0.4, -0.2) is 29.6 Å². The van der Waals surface area contributed by atoms with Crippen molar-refractivity contribution < 1.29 is 14.7 Å². The number of aliphatic hydroxyl groups is 1. The van der Waals surface area contributed by atoms with Gasteiger partial charge in [0, 0.05) is 12.8 Å². The number of aliphatic hydroxyl groups excluding tert-OH is 1. The molecule has 0 spiro atoms. The fraction of sp³-hybridized carbons (Fsp3) is 0.867. The summed E-state index contributed by atoms with van der Waals surface area (Å²) in [5.74, 6) is -0.466. The Morgan fingerprint density at radius 3 is 2.20 bits per heavy atom. The van der Waals surface area contributed by atoms with Gasteiger partial charge in [0.15, 0.2) is 0 Å². The molecule has 0 aromatic heterocycles. The van der Waals surface area contributed by atoms with Gasteiger partial charge in [-0.05, 0) is 12.8 Å². The molecule has 0 saturated heterocycles. The van der Waals surface area contributed by atoms with Gasteiger partial charge < -0.3 is 16.2 Å². The first kappa shape index (κ1) is 18.9. The largest absolute Gasteiger partial charge is 0.394 e. The highest BCUT2D eigenvalue weighted by molar-refractivity contribution is 5.76. The summed E-state index contributed by atoms with van der Waals surface area (Å²) in [4.78, 5) is 22.3. The Morgan fingerprint density at radius 2 is 1.65 bits per heavy atom. The molecule has 0 bridgehead atoms. The number of nitrogens with one attached hydrogen (secondary N) is 1. The van der Waals surface area contributed by atoms with E-state index in [4.69, 9.17) is 10.8 Å². The number of amides is 2. The highest BCUT2D eigenvalue weighted by atomic mass is 16.3. The average molecular weight is 286 g/mol. The second-order valence-corrected chi connectivity index (χ2v) is 5.32. The molecule has 5 heteroatoms. The number of carbonyl (C=O) groups excluding carboxylic acids is 2. The Morgan fingerprint density at radius 1 is 1.05 bits per heavy atom. The van der Waals surface area contributed by atoms with Crippen LogP contribution in [0.25, 0.3) is 0 Å². The number of carbonyl (C=O) groups is 2. The minimum Gasteiger partial charge on any atom is -0.394 e. The van der Waals surface area contributed by atoms with Gasteiger partial charge in [0.05, 0.1) is 12.6 Å². The molecule has 0 heterocycles. The van der Waals surface area contributed by atoms with E-state index in [0.717, 1.165) is 12.8 Å². The Kier molecular flexibility index (Phi) is 12.2. The summed E-state index contributed by atoms with van der Waals surface area (Å²) in [7, 11) is 0. The molecule has 0 aliphatic heterocycles. The van der Waals surface area contributed by atoms with Crippen molar-refractivity contribution in [3.05, 3.63) is 0 Å². The van der Waals surface area contributed by atoms with Crippen molar-refractivity contribution in [3.63, 3.8) is 0 Å². The van der Waals surface area contributed by atoms with Crippen LogP contribution in [-0.2, 0) is 9.59 Å². The number of hydrogen-bond acceptors (Lipinski definition) is 3. The van der Waals surface area contributed by atoms with Gasteiger partial charge in [0.25, 0.3) is 0 Å². The molecule has 0 aliphatic carbocycles. The molecule has 4 N–H and O–H groups in total. The monoisotopic (exact) mass is 286 g/mol. The summed E-state index contributed by atoms with van der Waals surface area (Å²) >= 11 is 0. The second kappa shape index (κ2) is 12.9. The molecule has 20 heavy (non-hydrogen) atoms. The van der Waals surface area contributed by atoms with E-state index < -0.39 is 5.91 Å². The van der Waals surface area contributed by atoms with E-state index in [1.54, 1.807) is 0 Å². The zero-order valence-electron chi connectivity index (χ0n) is 12.7. The first-order valence-corrected chi connectivity index (χ1v) is 7.78. The highest BCUT2D eigenvalue weighted by Gasteiger charge is 2.11. The van der Waals surface area contributed by atoms with Gasteiger partial charge >= 0.3 is 0 Å². The van der Waals surface area contributed by atoms with Crippen LogP contribution in [0.3, 0.4) is 0 Å². The van der Waals surface area contributed by atoms with Crippen LogP contribution in [0.2, 0.25) is 0 Å². The van der Waals surface area contributed by atoms with E-state index in [1.807, 2.05) is 0 Å². The molecule has 0 aliphatic rings. The Balaban J connectivity index is 3.57. The molecule has 5 nitrogen and oxygen atoms in total. The SMILES string of the molecule is CCCCCCCCCC(=O)NC(CO)CCC(N)=O. The molecule has 0 aromatic carbocycles. The summed E-state index contributed by atoms with van der Waals surface area (Å²) in [6, 6.07) is -0.362. The van der Waals surface area contributed by atoms with Crippen molar-refractivity contribution in [2.75, 3.05) is 6.61 Å². The minimum absolute atomic E-state index is 0.0536. The molecule has 118 valence electrons. The van der Waals surface area contributed by atoms with Crippen LogP contribution >= 0.6 is 0 Å². The molecule has 1 unspecified atom stereocenters. The molecule has 0 saturated carbocycles. The Hall–Kier alpha value is -1.10. The number of primary amides is 1. The predicted molar refractivity (Wildman–Crippen MR) is 80.1 cm³/mol. The van der Waals surface area contributed by atoms with Gasteiger partial charge in [-0.15, -0.1) is 0 Å². The van der Waals surface area contributed by atoms with Crippen molar-refractivity contribution in [2.24, 2.45) is 5.73 Å². The molecule has 0 aromatic rings. The molecular weight excluding hydrogens is 256 g/mol. The van der Waals surface area contributed by atoms with Crippen LogP contribution in [0.5, 0.6) is 0 Å². The lowest BCUT2D eigenvalue weighted by Gasteiger charge is -2.15. The quantitative estimate of drug-likeness (QED) is 0.451. The van der Waals surface area contributed by atoms with Crippen LogP contribution in [0.4, 0.5) is 0 Å². The fourth-order valence-corrected chi connectivity index (χ4v) is 2.07. The van der Waals surface area contributed by atoms with Crippen LogP contribution in [0.15, 0.2) is 0 Å². The van der Waals surface area contributed by atoms with Gasteiger partial charge in [0.2, 0.25) is 11.8 Å². The van der Waals surface area contributed by atoms with Crippen LogP contribution in [0.1, 0.15) is 71.1 Å². The van der Waals surface area contributed by atoms with E-state index in [0.29, 0.717) is 12.8 Å². The first-order chi connectivity index (χ1) is 9.60. The Bertz CT molecular complexity index is 270. The summed E-state index contributed by atoms with van der Waals surface area (Å²) in [6.45, 7) is 2.04. The average Bonchev–Trinajstić information content (AvgIpc) is 2.42. The van der Waals surface area contributed by atoms with E-state index in [9.17, 15) is 9.59 Å². The molecular formula is C15H30N2O3. The number of nitrogens with two attached hydrogens (primary N) is 1. The van der Waals surface area contributed by atoms with E-state index in [1.165, 1.54) is 32.1 Å². The maximum atomic E-state index is 11.7. The zero-order valence-corrected chi connectivity index (χ0v) is 12.7. The maximum Gasteiger partial charge on any atom is 0.220 e. The second-order valence-electron chi connectivity index (χ2n) is 5.32. The number of hydrogen-bond donors (Lipinski definition) is 3. The summed E-state index contributed by atoms with van der Waals surface area (Å²) in [5.41, 5.74) is 5.04. The summed E-state index contributed by atoms with van der Waals surface area (Å²) in [6.07, 6.45) is 9.26. The van der Waals surface area contributed by atoms with Gasteiger partial charge in [-0.1, -0.05) is 45.4 Å². The van der Waals surface area contributed by atoms with E-state index >= 15 is 0 Å². The van der Waals surface area contributed by atoms with Crippen LogP contribution < -0.4 is 11.1 Å². The lowest BCUT2D eigenvalue weighted by atomic mass is 10.1. The van der Waals surface area contributed by atoms with Gasteiger partial charge in [0.1, 0.15) is 0 Å². The van der Waals surface area contributed by atoms with Crippen molar-refractivity contribution in [2.45, 2.75) is 77.2 Å². The summed E-state index contributed by atoms with van der Waals surface area (Å²) in [5, 5.41) is 11.8. The normalized spacial score (nSPS) is 12.1. The third kappa shape index (κ3) is 12.0. The molecule has 2 amide bonds. The van der Waals surface area contributed by atoms with Gasteiger partial charge in [-0.25, -0.2) is 0 Å². The maximum absolute atomic E-state index is 11.7. The predicted octanol–water partition coefficient (Wildman–Crippen LogP) is 1.87. The lowest BCUT2D eigenvalue weighted by Crippen LogP contribution is -2.38. The minimum atomic E-state index is -0.412. The standard InChI is InChI=1S/C15H30N2O3/c1-2-3-4-5-6-7-8-9-15(20)17-13(12-18)10-11-14(16)19/h13,18H,2-12H2,1H3,(H2,16,19)(H,17,20). The molecule has 0 radical (unpaired) electrons. The molecule has 1 atom stereocenters. The van der Waals surface area contributed by atoms with Crippen LogP contribution in [0, 0.1) is 0 Å². The van der Waals surface area contributed by atoms with Gasteiger partial charge in [-0.3, -0.25) is 9.59 Å². The van der Waals surface area contributed by atoms with Crippen molar-refractivity contribution in [1.82, 2.24) is 5.32 Å². The Labute approximate surface area is 122 Å². The third-order valence-corrected chi connectivity index (χ3v) is 3.33. The fourth-order valence-electron chi connectivity index (χ4n) is 2.07. The lowest BCUT2D eigenvalue weighted by molar-refractivity contribution is -0.123. The van der Waals surface area contributed by atoms with Crippen molar-refractivity contribution >= 4 is 11.8 Å². The molecule has 0 fully saturated rings. The summed E-state index contributed by atoms with van der Waals surface area (Å²) < 4.78 is 0. The van der Waals surface area contributed by atoms with E-state index in [-0.39, 0.29) is 25.0 Å². The highest BCUT2D eigenvalue weighted by Crippen LogP contribution is 2.08. The third-order valence-electron chi connectivity index (χ3n) is 3.33. The van der Waals surface area contributed by atoms with E-state index in [2.05, 4.69) is 12.2 Å².